The molecule has 2 aromatic rings. The molecule has 3 heteroatoms. The summed E-state index contributed by atoms with van der Waals surface area (Å²) < 4.78 is 0. The number of rotatable bonds is 1. The van der Waals surface area contributed by atoms with Crippen molar-refractivity contribution in [2.24, 2.45) is 10.2 Å². The van der Waals surface area contributed by atoms with Gasteiger partial charge in [0.25, 0.3) is 0 Å². The highest BCUT2D eigenvalue weighted by atomic mass is 16.3. The van der Waals surface area contributed by atoms with E-state index in [0.717, 1.165) is 10.8 Å². The summed E-state index contributed by atoms with van der Waals surface area (Å²) in [6, 6.07) is 11.3. The average molecular weight is 230 g/mol. The van der Waals surface area contributed by atoms with Crippen molar-refractivity contribution in [2.45, 2.75) is 20.3 Å². The zero-order chi connectivity index (χ0) is 12.7. The fourth-order valence-corrected chi connectivity index (χ4v) is 1.43. The zero-order valence-corrected chi connectivity index (χ0v) is 10.5. The van der Waals surface area contributed by atoms with Gasteiger partial charge in [0.05, 0.1) is 0 Å². The number of azo groups is 1. The van der Waals surface area contributed by atoms with Crippen molar-refractivity contribution in [3.05, 3.63) is 36.4 Å². The second-order valence-corrected chi connectivity index (χ2v) is 3.66. The molecular formula is C14H18N2O. The van der Waals surface area contributed by atoms with Gasteiger partial charge in [0.15, 0.2) is 5.75 Å². The molecule has 17 heavy (non-hydrogen) atoms. The van der Waals surface area contributed by atoms with Crippen LogP contribution in [0, 0.1) is 0 Å². The number of phenolic OH excluding ortho intramolecular Hbond substituents is 1. The number of fused-ring (bicyclic) bond motifs is 1. The first-order chi connectivity index (χ1) is 8.24. The van der Waals surface area contributed by atoms with Gasteiger partial charge in [0.2, 0.25) is 0 Å². The van der Waals surface area contributed by atoms with Crippen molar-refractivity contribution in [2.75, 3.05) is 7.05 Å². The second-order valence-electron chi connectivity index (χ2n) is 3.66. The first-order valence-corrected chi connectivity index (χ1v) is 5.75. The highest BCUT2D eigenvalue weighted by Crippen LogP contribution is 2.34. The molecule has 0 aliphatic heterocycles. The Labute approximate surface area is 102 Å². The summed E-state index contributed by atoms with van der Waals surface area (Å²) in [6.07, 6.45) is 1.25. The number of nitrogens with zero attached hydrogens (tertiary/aromatic N) is 2. The van der Waals surface area contributed by atoms with Crippen LogP contribution in [0.2, 0.25) is 0 Å². The van der Waals surface area contributed by atoms with Crippen LogP contribution in [-0.2, 0) is 0 Å². The van der Waals surface area contributed by atoms with E-state index in [0.29, 0.717) is 5.69 Å². The first kappa shape index (κ1) is 13.2. The van der Waals surface area contributed by atoms with E-state index in [1.54, 1.807) is 13.1 Å². The van der Waals surface area contributed by atoms with Crippen LogP contribution in [0.25, 0.3) is 10.8 Å². The summed E-state index contributed by atoms with van der Waals surface area (Å²) in [7, 11) is 1.58. The van der Waals surface area contributed by atoms with E-state index in [1.807, 2.05) is 30.3 Å². The third kappa shape index (κ3) is 3.28. The summed E-state index contributed by atoms with van der Waals surface area (Å²) in [5.41, 5.74) is 0.506. The van der Waals surface area contributed by atoms with Crippen LogP contribution < -0.4 is 0 Å². The predicted octanol–water partition coefficient (Wildman–Crippen LogP) is 4.68. The predicted molar refractivity (Wildman–Crippen MR) is 72.0 cm³/mol. The molecular weight excluding hydrogens is 212 g/mol. The maximum Gasteiger partial charge on any atom is 0.150 e. The summed E-state index contributed by atoms with van der Waals surface area (Å²) in [5.74, 6) is 0.189. The fraction of sp³-hybridized carbons (Fsp3) is 0.286. The van der Waals surface area contributed by atoms with Crippen LogP contribution in [0.5, 0.6) is 5.75 Å². The molecule has 0 atom stereocenters. The lowest BCUT2D eigenvalue weighted by atomic mass is 10.1. The minimum atomic E-state index is 0.189. The summed E-state index contributed by atoms with van der Waals surface area (Å²) in [6.45, 7) is 4.25. The standard InChI is InChI=1S/C11H10N2O.C3H8/c1-12-13-10-7-6-8-4-2-3-5-9(8)11(10)14;1-3-2/h2-7,14H,1H3;3H2,1-2H3. The van der Waals surface area contributed by atoms with Crippen molar-refractivity contribution in [1.29, 1.82) is 0 Å². The number of hydrogen-bond acceptors (Lipinski definition) is 3. The van der Waals surface area contributed by atoms with E-state index in [1.165, 1.54) is 6.42 Å². The van der Waals surface area contributed by atoms with Gasteiger partial charge in [-0.3, -0.25) is 0 Å². The third-order valence-electron chi connectivity index (χ3n) is 2.09. The number of aromatic hydroxyl groups is 1. The number of phenols is 1. The van der Waals surface area contributed by atoms with Crippen LogP contribution in [0.4, 0.5) is 5.69 Å². The van der Waals surface area contributed by atoms with Crippen molar-refractivity contribution < 1.29 is 5.11 Å². The van der Waals surface area contributed by atoms with Crippen LogP contribution in [0.15, 0.2) is 46.6 Å². The summed E-state index contributed by atoms with van der Waals surface area (Å²) in [5, 5.41) is 19.1. The Morgan fingerprint density at radius 3 is 2.35 bits per heavy atom. The molecule has 3 nitrogen and oxygen atoms in total. The van der Waals surface area contributed by atoms with Crippen molar-refractivity contribution >= 4 is 16.5 Å². The Balaban J connectivity index is 0.000000437. The Morgan fingerprint density at radius 1 is 1.06 bits per heavy atom. The number of benzene rings is 2. The SMILES string of the molecule is CCC.CN=Nc1ccc2ccccc2c1O. The third-order valence-corrected chi connectivity index (χ3v) is 2.09. The molecule has 0 aliphatic rings. The topological polar surface area (TPSA) is 45.0 Å². The van der Waals surface area contributed by atoms with E-state index < -0.39 is 0 Å². The molecule has 2 aromatic carbocycles. The van der Waals surface area contributed by atoms with Gasteiger partial charge in [-0.2, -0.15) is 10.2 Å². The van der Waals surface area contributed by atoms with Crippen LogP contribution in [-0.4, -0.2) is 12.2 Å². The largest absolute Gasteiger partial charge is 0.505 e. The zero-order valence-electron chi connectivity index (χ0n) is 10.5. The Bertz CT molecular complexity index is 507. The van der Waals surface area contributed by atoms with Crippen LogP contribution in [0.1, 0.15) is 20.3 Å². The molecule has 0 heterocycles. The Hall–Kier alpha value is -1.90. The van der Waals surface area contributed by atoms with Crippen molar-refractivity contribution in [3.8, 4) is 5.75 Å². The van der Waals surface area contributed by atoms with E-state index in [9.17, 15) is 5.11 Å². The van der Waals surface area contributed by atoms with E-state index in [4.69, 9.17) is 0 Å². The Morgan fingerprint density at radius 2 is 1.71 bits per heavy atom. The van der Waals surface area contributed by atoms with Gasteiger partial charge in [0, 0.05) is 12.4 Å². The van der Waals surface area contributed by atoms with Gasteiger partial charge >= 0.3 is 0 Å². The van der Waals surface area contributed by atoms with Crippen LogP contribution >= 0.6 is 0 Å². The summed E-state index contributed by atoms with van der Waals surface area (Å²) in [4.78, 5) is 0. The van der Waals surface area contributed by atoms with Crippen molar-refractivity contribution in [1.82, 2.24) is 0 Å². The highest BCUT2D eigenvalue weighted by molar-refractivity contribution is 5.92. The lowest BCUT2D eigenvalue weighted by Crippen LogP contribution is -1.74. The van der Waals surface area contributed by atoms with Gasteiger partial charge in [-0.15, -0.1) is 0 Å². The minimum absolute atomic E-state index is 0.189. The van der Waals surface area contributed by atoms with Crippen LogP contribution in [0.3, 0.4) is 0 Å². The molecule has 2 rings (SSSR count). The second kappa shape index (κ2) is 6.63. The molecule has 0 saturated carbocycles. The fourth-order valence-electron chi connectivity index (χ4n) is 1.43. The van der Waals surface area contributed by atoms with Gasteiger partial charge in [0.1, 0.15) is 5.69 Å². The van der Waals surface area contributed by atoms with Gasteiger partial charge in [-0.25, -0.2) is 0 Å². The molecule has 0 amide bonds. The maximum absolute atomic E-state index is 9.83. The van der Waals surface area contributed by atoms with Gasteiger partial charge < -0.3 is 5.11 Å². The molecule has 90 valence electrons. The van der Waals surface area contributed by atoms with E-state index >= 15 is 0 Å². The Kier molecular flexibility index (Phi) is 5.14. The smallest absolute Gasteiger partial charge is 0.150 e. The van der Waals surface area contributed by atoms with Crippen molar-refractivity contribution in [3.63, 3.8) is 0 Å². The minimum Gasteiger partial charge on any atom is -0.505 e. The van der Waals surface area contributed by atoms with E-state index in [-0.39, 0.29) is 5.75 Å². The molecule has 0 aromatic heterocycles. The molecule has 0 radical (unpaired) electrons. The lowest BCUT2D eigenvalue weighted by Gasteiger charge is -2.02. The number of hydrogen-bond donors (Lipinski definition) is 1. The average Bonchev–Trinajstić information content (AvgIpc) is 2.34. The molecule has 1 N–H and O–H groups in total. The maximum atomic E-state index is 9.83. The molecule has 0 spiro atoms. The quantitative estimate of drug-likeness (QED) is 0.710. The normalized spacial score (nSPS) is 10.3. The molecule has 0 aliphatic carbocycles. The molecule has 0 unspecified atom stereocenters. The first-order valence-electron chi connectivity index (χ1n) is 5.75. The van der Waals surface area contributed by atoms with Gasteiger partial charge in [-0.1, -0.05) is 50.6 Å². The lowest BCUT2D eigenvalue weighted by molar-refractivity contribution is 0.482. The molecule has 0 fully saturated rings. The highest BCUT2D eigenvalue weighted by Gasteiger charge is 2.03. The molecule has 0 saturated heterocycles. The van der Waals surface area contributed by atoms with E-state index in [2.05, 4.69) is 24.1 Å². The molecule has 0 bridgehead atoms. The van der Waals surface area contributed by atoms with Gasteiger partial charge in [-0.05, 0) is 11.5 Å². The monoisotopic (exact) mass is 230 g/mol. The summed E-state index contributed by atoms with van der Waals surface area (Å²) >= 11 is 0.